The summed E-state index contributed by atoms with van der Waals surface area (Å²) in [6, 6.07) is 14.4. The van der Waals surface area contributed by atoms with E-state index in [9.17, 15) is 4.79 Å². The maximum Gasteiger partial charge on any atom is 0.438 e. The highest BCUT2D eigenvalue weighted by atomic mass is 19.1. The molecule has 18 heteroatoms. The molecule has 362 valence electrons. The van der Waals surface area contributed by atoms with Crippen LogP contribution in [-0.4, -0.2) is 98.0 Å². The van der Waals surface area contributed by atoms with Crippen LogP contribution in [0.4, 0.5) is 8.78 Å². The zero-order valence-electron chi connectivity index (χ0n) is 40.5. The molecule has 2 saturated heterocycles. The molecule has 70 heavy (non-hydrogen) atoms. The number of benzene rings is 3. The number of nitrogens with zero attached hydrogens (tertiary/aromatic N) is 10. The molecule has 12 rings (SSSR count). The first-order valence-electron chi connectivity index (χ1n) is 24.1. The number of fused-ring (bicyclic) bond motifs is 4. The number of amides is 1. The van der Waals surface area contributed by atoms with E-state index >= 15 is 18.4 Å². The number of nitrogens with one attached hydrogen (secondary N) is 1. The Labute approximate surface area is 401 Å². The molecule has 1 amide bonds. The second-order valence-corrected chi connectivity index (χ2v) is 21.1. The van der Waals surface area contributed by atoms with Crippen molar-refractivity contribution in [2.24, 2.45) is 13.0 Å². The van der Waals surface area contributed by atoms with Crippen LogP contribution in [0.1, 0.15) is 110 Å². The zero-order valence-corrected chi connectivity index (χ0v) is 40.5. The molecule has 16 nitrogen and oxygen atoms in total. The normalized spacial score (nSPS) is 24.4. The minimum Gasteiger partial charge on any atom is -0.376 e. The number of likely N-dealkylation sites (N-methyl/N-ethyl adjacent to an activating group) is 1. The second kappa shape index (κ2) is 15.3. The van der Waals surface area contributed by atoms with Crippen molar-refractivity contribution >= 4 is 27.7 Å². The predicted octanol–water partition coefficient (Wildman–Crippen LogP) is 7.47. The number of aryl methyl sites for hydroxylation is 3. The van der Waals surface area contributed by atoms with Crippen LogP contribution in [0.5, 0.6) is 0 Å². The highest BCUT2D eigenvalue weighted by Gasteiger charge is 2.60. The van der Waals surface area contributed by atoms with Gasteiger partial charge in [-0.25, -0.2) is 23.1 Å². The van der Waals surface area contributed by atoms with E-state index in [0.29, 0.717) is 77.8 Å². The molecule has 4 aliphatic rings. The minimum atomic E-state index is -0.880. The number of carbonyl (C=O) groups is 1. The van der Waals surface area contributed by atoms with Gasteiger partial charge in [0.2, 0.25) is 0 Å². The Bertz CT molecular complexity index is 3580. The number of aromatic nitrogens is 9. The Hall–Kier alpha value is -6.92. The number of rotatable bonds is 7. The first-order valence-corrected chi connectivity index (χ1v) is 24.1. The van der Waals surface area contributed by atoms with Gasteiger partial charge in [0.1, 0.15) is 22.9 Å². The third-order valence-electron chi connectivity index (χ3n) is 16.1. The molecule has 1 N–H and O–H groups in total. The lowest BCUT2D eigenvalue weighted by molar-refractivity contribution is -0.0592. The van der Waals surface area contributed by atoms with Gasteiger partial charge in [0.05, 0.1) is 45.8 Å². The molecule has 1 aliphatic carbocycles. The van der Waals surface area contributed by atoms with Crippen LogP contribution in [0.3, 0.4) is 0 Å². The molecule has 3 aliphatic heterocycles. The number of likely N-dealkylation sites (tertiary alicyclic amines) is 1. The number of aromatic amines is 1. The van der Waals surface area contributed by atoms with Crippen molar-refractivity contribution in [1.29, 1.82) is 0 Å². The first-order chi connectivity index (χ1) is 33.4. The number of carbonyl (C=O) groups excluding carboxylic acids is 1. The Morgan fingerprint density at radius 2 is 1.66 bits per heavy atom. The summed E-state index contributed by atoms with van der Waals surface area (Å²) < 4.78 is 51.0. The summed E-state index contributed by atoms with van der Waals surface area (Å²) in [5.74, 6) is -0.902. The van der Waals surface area contributed by atoms with Crippen LogP contribution in [-0.2, 0) is 22.7 Å². The third-order valence-corrected chi connectivity index (χ3v) is 16.1. The van der Waals surface area contributed by atoms with Crippen molar-refractivity contribution in [3.8, 4) is 17.2 Å². The quantitative estimate of drug-likeness (QED) is 0.171. The maximum absolute atomic E-state index is 16.4. The largest absolute Gasteiger partial charge is 0.438 e. The van der Waals surface area contributed by atoms with Gasteiger partial charge in [-0.1, -0.05) is 18.1 Å². The monoisotopic (exact) mass is 951 g/mol. The number of imidazole rings is 1. The summed E-state index contributed by atoms with van der Waals surface area (Å²) in [6.45, 7) is 13.9. The maximum atomic E-state index is 16.4. The van der Waals surface area contributed by atoms with E-state index in [1.165, 1.54) is 21.5 Å². The van der Waals surface area contributed by atoms with Gasteiger partial charge in [-0.15, -0.1) is 0 Å². The van der Waals surface area contributed by atoms with Crippen LogP contribution in [0.25, 0.3) is 39.0 Å². The second-order valence-electron chi connectivity index (χ2n) is 21.1. The summed E-state index contributed by atoms with van der Waals surface area (Å²) in [7, 11) is 3.78. The van der Waals surface area contributed by atoms with Crippen molar-refractivity contribution in [2.75, 3.05) is 33.3 Å². The minimum absolute atomic E-state index is 0.0151. The van der Waals surface area contributed by atoms with E-state index in [-0.39, 0.29) is 40.2 Å². The molecule has 1 saturated carbocycles. The fourth-order valence-electron chi connectivity index (χ4n) is 12.4. The van der Waals surface area contributed by atoms with Crippen molar-refractivity contribution in [3.05, 3.63) is 139 Å². The van der Waals surface area contributed by atoms with E-state index in [4.69, 9.17) is 14.4 Å². The lowest BCUT2D eigenvalue weighted by atomic mass is 9.76. The summed E-state index contributed by atoms with van der Waals surface area (Å²) in [5.41, 5.74) is 3.35. The topological polar surface area (TPSA) is 159 Å². The van der Waals surface area contributed by atoms with Crippen molar-refractivity contribution in [3.63, 3.8) is 0 Å². The van der Waals surface area contributed by atoms with Gasteiger partial charge in [0.15, 0.2) is 11.6 Å². The lowest BCUT2D eigenvalue weighted by Gasteiger charge is -2.43. The van der Waals surface area contributed by atoms with Crippen LogP contribution in [0.2, 0.25) is 0 Å². The number of hydrogen-bond acceptors (Lipinski definition) is 9. The standard InChI is InChI=1S/C52H55F2N11O5/c1-28-19-35(20-29(2)42(28)53)65-45(62-17-16-61(49(62)68)39-12-11-38-36(43(39)54)25-55-60(38)8)41-31(4)63(27-51(44(41)57-65)14-15-59(7)26-51)46(66)40-22-34-21-32(33-13-18-69-50(5,6)24-33)9-10-37(34)64(40)52(23-30(52)3)47-56-48(67)70-58-47/h9-12,16-17,19-22,25,30-31,33H,13-15,18,23-24,26-27H2,1-8H3,(H,56,58,67)/t30-,31-,33-,51?,52-/m0/s1. The van der Waals surface area contributed by atoms with Crippen molar-refractivity contribution in [1.82, 2.24) is 53.2 Å². The van der Waals surface area contributed by atoms with Gasteiger partial charge in [-0.2, -0.15) is 10.2 Å². The van der Waals surface area contributed by atoms with Crippen LogP contribution >= 0.6 is 0 Å². The number of halogens is 2. The average molecular weight is 952 g/mol. The van der Waals surface area contributed by atoms with E-state index in [1.807, 2.05) is 24.9 Å². The molecule has 1 spiro atoms. The van der Waals surface area contributed by atoms with Crippen LogP contribution in [0, 0.1) is 31.4 Å². The van der Waals surface area contributed by atoms with Gasteiger partial charge < -0.3 is 19.1 Å². The van der Waals surface area contributed by atoms with Crippen molar-refractivity contribution < 1.29 is 22.8 Å². The third kappa shape index (κ3) is 6.44. The highest BCUT2D eigenvalue weighted by Crippen LogP contribution is 2.56. The fraction of sp³-hybridized carbons (Fsp3) is 0.423. The van der Waals surface area contributed by atoms with E-state index in [1.54, 1.807) is 60.7 Å². The van der Waals surface area contributed by atoms with Crippen molar-refractivity contribution in [2.45, 2.75) is 95.7 Å². The van der Waals surface area contributed by atoms with E-state index in [0.717, 1.165) is 41.5 Å². The van der Waals surface area contributed by atoms with E-state index in [2.05, 4.69) is 63.7 Å². The summed E-state index contributed by atoms with van der Waals surface area (Å²) in [5, 5.41) is 15.0. The SMILES string of the molecule is Cc1cc(-n2nc3c(c2-n2ccn(-c4ccc5c(cnn5C)c4F)c2=O)[C@H](C)N(C(=O)c2cc4cc([C@H]5CCOC(C)(C)C5)ccc4n2[C@@]2(c4noc(=O)[nH]4)C[C@@H]2C)CC32CCN(C)C2)cc(C)c1F. The van der Waals surface area contributed by atoms with Gasteiger partial charge in [-0.3, -0.25) is 28.1 Å². The molecule has 3 fully saturated rings. The summed E-state index contributed by atoms with van der Waals surface area (Å²) in [6.07, 6.45) is 7.55. The number of H-pyrrole nitrogens is 1. The average Bonchev–Trinajstić information content (AvgIpc) is 4.06. The molecule has 5 aromatic heterocycles. The Morgan fingerprint density at radius 1 is 0.914 bits per heavy atom. The van der Waals surface area contributed by atoms with Gasteiger partial charge in [0, 0.05) is 61.0 Å². The van der Waals surface area contributed by atoms with Gasteiger partial charge >= 0.3 is 11.4 Å². The molecule has 8 heterocycles. The zero-order chi connectivity index (χ0) is 48.9. The highest BCUT2D eigenvalue weighted by molar-refractivity contribution is 6.00. The molecule has 8 aromatic rings. The molecule has 0 radical (unpaired) electrons. The molecule has 0 bridgehead atoms. The molecular weight excluding hydrogens is 897 g/mol. The lowest BCUT2D eigenvalue weighted by Crippen LogP contribution is -2.51. The number of hydrogen-bond donors (Lipinski definition) is 1. The van der Waals surface area contributed by atoms with E-state index < -0.39 is 34.3 Å². The summed E-state index contributed by atoms with van der Waals surface area (Å²) >= 11 is 0. The van der Waals surface area contributed by atoms with Gasteiger partial charge in [0.25, 0.3) is 5.91 Å². The molecular formula is C52H55F2N11O5. The smallest absolute Gasteiger partial charge is 0.376 e. The van der Waals surface area contributed by atoms with Gasteiger partial charge in [-0.05, 0) is 145 Å². The summed E-state index contributed by atoms with van der Waals surface area (Å²) in [4.78, 5) is 50.7. The fourth-order valence-corrected chi connectivity index (χ4v) is 12.4. The predicted molar refractivity (Wildman–Crippen MR) is 257 cm³/mol. The molecule has 1 unspecified atom stereocenters. The number of ether oxygens (including phenoxy) is 1. The Kier molecular flexibility index (Phi) is 9.68. The van der Waals surface area contributed by atoms with Crippen LogP contribution in [0.15, 0.2) is 81.2 Å². The van der Waals surface area contributed by atoms with Crippen LogP contribution < -0.4 is 11.4 Å². The Balaban J connectivity index is 1.06. The first kappa shape index (κ1) is 44.3. The molecule has 5 atom stereocenters. The Morgan fingerprint density at radius 3 is 2.34 bits per heavy atom. The molecule has 3 aromatic carbocycles.